The van der Waals surface area contributed by atoms with Gasteiger partial charge in [-0.2, -0.15) is 0 Å². The van der Waals surface area contributed by atoms with Gasteiger partial charge in [0.1, 0.15) is 18.9 Å². The first-order chi connectivity index (χ1) is 14.5. The number of hydrogen-bond donors (Lipinski definition) is 1. The smallest absolute Gasteiger partial charge is 0.318 e. The maximum absolute atomic E-state index is 13.3. The number of thiophene rings is 1. The summed E-state index contributed by atoms with van der Waals surface area (Å²) in [6.07, 6.45) is 1.63. The average Bonchev–Trinajstić information content (AvgIpc) is 3.25. The normalized spacial score (nSPS) is 16.5. The summed E-state index contributed by atoms with van der Waals surface area (Å²) in [4.78, 5) is 30.7. The molecule has 0 radical (unpaired) electrons. The number of nitrogens with one attached hydrogen (secondary N) is 1. The van der Waals surface area contributed by atoms with Gasteiger partial charge < -0.3 is 19.9 Å². The molecule has 1 aromatic carbocycles. The zero-order valence-corrected chi connectivity index (χ0v) is 18.8. The number of rotatable bonds is 8. The van der Waals surface area contributed by atoms with Crippen LogP contribution in [0.25, 0.3) is 0 Å². The number of nitrogens with zero attached hydrogens (tertiary/aromatic N) is 2. The van der Waals surface area contributed by atoms with E-state index in [0.29, 0.717) is 19.7 Å². The minimum Gasteiger partial charge on any atom is -0.491 e. The lowest BCUT2D eigenvalue weighted by atomic mass is 10.00. The Morgan fingerprint density at radius 1 is 1.27 bits per heavy atom. The van der Waals surface area contributed by atoms with Crippen LogP contribution in [-0.4, -0.2) is 54.0 Å². The summed E-state index contributed by atoms with van der Waals surface area (Å²) in [5.41, 5.74) is 1.16. The molecule has 1 aliphatic heterocycles. The highest BCUT2D eigenvalue weighted by atomic mass is 32.1. The zero-order chi connectivity index (χ0) is 21.5. The van der Waals surface area contributed by atoms with E-state index in [1.165, 1.54) is 4.88 Å². The molecule has 0 unspecified atom stereocenters. The number of benzene rings is 1. The Labute approximate surface area is 182 Å². The van der Waals surface area contributed by atoms with Gasteiger partial charge in [-0.1, -0.05) is 25.1 Å². The van der Waals surface area contributed by atoms with Crippen molar-refractivity contribution in [2.45, 2.75) is 45.7 Å². The fraction of sp³-hybridized carbons (Fsp3) is 0.478. The molecule has 0 aliphatic carbocycles. The fourth-order valence-electron chi connectivity index (χ4n) is 3.70. The molecule has 3 rings (SSSR count). The van der Waals surface area contributed by atoms with Crippen LogP contribution in [0, 0.1) is 0 Å². The van der Waals surface area contributed by atoms with Crippen molar-refractivity contribution in [3.8, 4) is 5.75 Å². The van der Waals surface area contributed by atoms with Crippen molar-refractivity contribution in [3.05, 3.63) is 52.2 Å². The number of fused-ring (bicyclic) bond motifs is 1. The van der Waals surface area contributed by atoms with E-state index in [-0.39, 0.29) is 30.6 Å². The molecule has 6 nitrogen and oxygen atoms in total. The van der Waals surface area contributed by atoms with Crippen molar-refractivity contribution < 1.29 is 14.3 Å². The molecular weight excluding hydrogens is 398 g/mol. The summed E-state index contributed by atoms with van der Waals surface area (Å²) in [6.45, 7) is 7.52. The first-order valence-electron chi connectivity index (χ1n) is 10.6. The van der Waals surface area contributed by atoms with Crippen LogP contribution in [0.4, 0.5) is 4.79 Å². The lowest BCUT2D eigenvalue weighted by molar-refractivity contribution is -0.135. The SMILES string of the molecule is CCNC(=O)N(CC(=O)N1CCc2sccc2[C@H]1COc1ccccc1)[C@H](C)CC. The van der Waals surface area contributed by atoms with Gasteiger partial charge in [0.2, 0.25) is 5.91 Å². The van der Waals surface area contributed by atoms with E-state index in [9.17, 15) is 9.59 Å². The number of amides is 3. The highest BCUT2D eigenvalue weighted by Crippen LogP contribution is 2.34. The number of para-hydroxylation sites is 1. The maximum atomic E-state index is 13.3. The van der Waals surface area contributed by atoms with E-state index < -0.39 is 0 Å². The second-order valence-electron chi connectivity index (χ2n) is 7.50. The minimum absolute atomic E-state index is 0.0129. The number of carbonyl (C=O) groups excluding carboxylic acids is 2. The van der Waals surface area contributed by atoms with Gasteiger partial charge in [0.15, 0.2) is 0 Å². The molecule has 0 bridgehead atoms. The molecule has 162 valence electrons. The molecule has 2 atom stereocenters. The Hall–Kier alpha value is -2.54. The van der Waals surface area contributed by atoms with Crippen molar-refractivity contribution in [2.24, 2.45) is 0 Å². The highest BCUT2D eigenvalue weighted by Gasteiger charge is 2.34. The molecule has 0 saturated heterocycles. The summed E-state index contributed by atoms with van der Waals surface area (Å²) >= 11 is 1.73. The standard InChI is InChI=1S/C23H31N3O3S/c1-4-17(3)26(23(28)24-5-2)15-22(27)25-13-11-21-19(12-14-30-21)20(25)16-29-18-9-7-6-8-10-18/h6-10,12,14,17,20H,4-5,11,13,15-16H2,1-3H3,(H,24,28)/t17-,20-/m1/s1. The van der Waals surface area contributed by atoms with Crippen LogP contribution >= 0.6 is 11.3 Å². The van der Waals surface area contributed by atoms with Gasteiger partial charge in [-0.05, 0) is 55.8 Å². The van der Waals surface area contributed by atoms with Crippen molar-refractivity contribution in [2.75, 3.05) is 26.2 Å². The molecule has 0 spiro atoms. The van der Waals surface area contributed by atoms with Crippen LogP contribution in [0.3, 0.4) is 0 Å². The largest absolute Gasteiger partial charge is 0.491 e. The summed E-state index contributed by atoms with van der Waals surface area (Å²) in [7, 11) is 0. The Bertz CT molecular complexity index is 839. The van der Waals surface area contributed by atoms with Gasteiger partial charge in [-0.25, -0.2) is 4.79 Å². The Kier molecular flexibility index (Phi) is 7.74. The van der Waals surface area contributed by atoms with Crippen molar-refractivity contribution in [1.82, 2.24) is 15.1 Å². The monoisotopic (exact) mass is 429 g/mol. The average molecular weight is 430 g/mol. The third-order valence-corrected chi connectivity index (χ3v) is 6.58. The van der Waals surface area contributed by atoms with Gasteiger partial charge in [-0.15, -0.1) is 11.3 Å². The van der Waals surface area contributed by atoms with E-state index in [1.54, 1.807) is 16.2 Å². The minimum atomic E-state index is -0.189. The first-order valence-corrected chi connectivity index (χ1v) is 11.5. The molecule has 2 heterocycles. The predicted octanol–water partition coefficient (Wildman–Crippen LogP) is 4.08. The van der Waals surface area contributed by atoms with E-state index >= 15 is 0 Å². The summed E-state index contributed by atoms with van der Waals surface area (Å²) < 4.78 is 6.03. The summed E-state index contributed by atoms with van der Waals surface area (Å²) in [5, 5.41) is 4.91. The molecular formula is C23H31N3O3S. The molecule has 7 heteroatoms. The Morgan fingerprint density at radius 2 is 2.03 bits per heavy atom. The maximum Gasteiger partial charge on any atom is 0.318 e. The molecule has 1 N–H and O–H groups in total. The molecule has 3 amide bonds. The third-order valence-electron chi connectivity index (χ3n) is 5.58. The predicted molar refractivity (Wildman–Crippen MR) is 120 cm³/mol. The number of urea groups is 1. The van der Waals surface area contributed by atoms with E-state index in [0.717, 1.165) is 24.2 Å². The topological polar surface area (TPSA) is 61.9 Å². The van der Waals surface area contributed by atoms with Crippen LogP contribution in [0.15, 0.2) is 41.8 Å². The Balaban J connectivity index is 1.77. The van der Waals surface area contributed by atoms with Gasteiger partial charge in [0, 0.05) is 24.0 Å². The molecule has 1 aromatic heterocycles. The van der Waals surface area contributed by atoms with Crippen molar-refractivity contribution in [3.63, 3.8) is 0 Å². The lowest BCUT2D eigenvalue weighted by Gasteiger charge is -2.38. The van der Waals surface area contributed by atoms with Crippen LogP contribution in [0.1, 0.15) is 43.7 Å². The summed E-state index contributed by atoms with van der Waals surface area (Å²) in [5.74, 6) is 0.746. The molecule has 2 aromatic rings. The van der Waals surface area contributed by atoms with E-state index in [4.69, 9.17) is 4.74 Å². The van der Waals surface area contributed by atoms with Crippen LogP contribution in [0.5, 0.6) is 5.75 Å². The van der Waals surface area contributed by atoms with Gasteiger partial charge in [-0.3, -0.25) is 4.79 Å². The highest BCUT2D eigenvalue weighted by molar-refractivity contribution is 7.10. The van der Waals surface area contributed by atoms with Gasteiger partial charge >= 0.3 is 6.03 Å². The Morgan fingerprint density at radius 3 is 2.73 bits per heavy atom. The van der Waals surface area contributed by atoms with Crippen molar-refractivity contribution in [1.29, 1.82) is 0 Å². The fourth-order valence-corrected chi connectivity index (χ4v) is 4.63. The second kappa shape index (κ2) is 10.5. The lowest BCUT2D eigenvalue weighted by Crippen LogP contribution is -2.52. The van der Waals surface area contributed by atoms with Gasteiger partial charge in [0.25, 0.3) is 0 Å². The first kappa shape index (κ1) is 22.2. The number of carbonyl (C=O) groups is 2. The summed E-state index contributed by atoms with van der Waals surface area (Å²) in [6, 6.07) is 11.4. The van der Waals surface area contributed by atoms with Crippen LogP contribution in [0.2, 0.25) is 0 Å². The molecule has 30 heavy (non-hydrogen) atoms. The quantitative estimate of drug-likeness (QED) is 0.688. The van der Waals surface area contributed by atoms with Crippen LogP contribution < -0.4 is 10.1 Å². The van der Waals surface area contributed by atoms with Crippen LogP contribution in [-0.2, 0) is 11.2 Å². The molecule has 0 fully saturated rings. The van der Waals surface area contributed by atoms with E-state index in [1.807, 2.05) is 56.0 Å². The zero-order valence-electron chi connectivity index (χ0n) is 18.0. The number of ether oxygens (including phenoxy) is 1. The third kappa shape index (κ3) is 5.14. The number of hydrogen-bond acceptors (Lipinski definition) is 4. The second-order valence-corrected chi connectivity index (χ2v) is 8.50. The van der Waals surface area contributed by atoms with Crippen molar-refractivity contribution >= 4 is 23.3 Å². The van der Waals surface area contributed by atoms with Gasteiger partial charge in [0.05, 0.1) is 6.04 Å². The molecule has 1 aliphatic rings. The molecule has 0 saturated carbocycles. The van der Waals surface area contributed by atoms with E-state index in [2.05, 4.69) is 16.8 Å².